The number of halogens is 3. The Hall–Kier alpha value is -3.55. The van der Waals surface area contributed by atoms with Gasteiger partial charge in [-0.1, -0.05) is 12.1 Å². The monoisotopic (exact) mass is 395 g/mol. The molecule has 0 unspecified atom stereocenters. The van der Waals surface area contributed by atoms with Crippen LogP contribution in [-0.4, -0.2) is 24.7 Å². The van der Waals surface area contributed by atoms with Gasteiger partial charge in [-0.2, -0.15) is 23.3 Å². The number of hydrogen-bond donors (Lipinski definition) is 0. The summed E-state index contributed by atoms with van der Waals surface area (Å²) in [5, 5.41) is 4.51. The molecule has 0 N–H and O–H groups in total. The Morgan fingerprint density at radius 2 is 1.52 bits per heavy atom. The van der Waals surface area contributed by atoms with Crippen LogP contribution < -0.4 is 0 Å². The van der Waals surface area contributed by atoms with Crippen LogP contribution in [0.2, 0.25) is 0 Å². The lowest BCUT2D eigenvalue weighted by atomic mass is 9.85. The Morgan fingerprint density at radius 1 is 0.759 bits per heavy atom. The van der Waals surface area contributed by atoms with Crippen LogP contribution in [0.5, 0.6) is 0 Å². The molecular formula is C21H16F3N5. The van der Waals surface area contributed by atoms with E-state index in [1.165, 1.54) is 16.8 Å². The molecule has 0 radical (unpaired) electrons. The average Bonchev–Trinajstić information content (AvgIpc) is 3.19. The molecule has 4 aromatic rings. The van der Waals surface area contributed by atoms with Crippen molar-refractivity contribution >= 4 is 0 Å². The molecule has 0 atom stereocenters. The van der Waals surface area contributed by atoms with Crippen molar-refractivity contribution in [3.8, 4) is 17.1 Å². The highest BCUT2D eigenvalue weighted by Crippen LogP contribution is 2.31. The van der Waals surface area contributed by atoms with E-state index in [1.54, 1.807) is 42.6 Å². The standard InChI is InChI=1S/C21H16F3N5/c1-21(2,16-11-12-29(28-16)19-8-4-7-17(22)26-19)15-6-3-5-14(25-15)13-9-10-18(23)27-20(13)24/h3-12H,1-2H3. The Kier molecular flexibility index (Phi) is 4.62. The topological polar surface area (TPSA) is 56.5 Å². The minimum atomic E-state index is -0.922. The Balaban J connectivity index is 1.71. The van der Waals surface area contributed by atoms with Gasteiger partial charge in [0, 0.05) is 6.20 Å². The van der Waals surface area contributed by atoms with E-state index in [4.69, 9.17) is 0 Å². The van der Waals surface area contributed by atoms with E-state index in [1.807, 2.05) is 13.8 Å². The van der Waals surface area contributed by atoms with Gasteiger partial charge >= 0.3 is 0 Å². The molecule has 4 aromatic heterocycles. The van der Waals surface area contributed by atoms with Gasteiger partial charge in [0.1, 0.15) is 0 Å². The lowest BCUT2D eigenvalue weighted by Crippen LogP contribution is -2.22. The van der Waals surface area contributed by atoms with Crippen LogP contribution >= 0.6 is 0 Å². The second-order valence-electron chi connectivity index (χ2n) is 6.97. The quantitative estimate of drug-likeness (QED) is 0.479. The Bertz CT molecular complexity index is 1190. The number of aromatic nitrogens is 5. The van der Waals surface area contributed by atoms with Crippen LogP contribution in [0.1, 0.15) is 25.2 Å². The van der Waals surface area contributed by atoms with Gasteiger partial charge in [-0.05, 0) is 56.3 Å². The zero-order valence-electron chi connectivity index (χ0n) is 15.6. The number of hydrogen-bond acceptors (Lipinski definition) is 4. The van der Waals surface area contributed by atoms with Crippen LogP contribution in [0.25, 0.3) is 17.1 Å². The summed E-state index contributed by atoms with van der Waals surface area (Å²) < 4.78 is 42.1. The molecule has 4 rings (SSSR count). The van der Waals surface area contributed by atoms with E-state index in [2.05, 4.69) is 20.1 Å². The average molecular weight is 395 g/mol. The highest BCUT2D eigenvalue weighted by atomic mass is 19.1. The van der Waals surface area contributed by atoms with Gasteiger partial charge in [-0.3, -0.25) is 4.98 Å². The molecule has 0 aromatic carbocycles. The summed E-state index contributed by atoms with van der Waals surface area (Å²) in [5.74, 6) is -2.05. The van der Waals surface area contributed by atoms with E-state index >= 15 is 0 Å². The number of rotatable bonds is 4. The van der Waals surface area contributed by atoms with E-state index in [0.29, 0.717) is 22.9 Å². The molecule has 0 aliphatic heterocycles. The van der Waals surface area contributed by atoms with Crippen LogP contribution in [0, 0.1) is 17.8 Å². The molecule has 0 saturated heterocycles. The normalized spacial score (nSPS) is 11.6. The van der Waals surface area contributed by atoms with E-state index in [-0.39, 0.29) is 5.56 Å². The summed E-state index contributed by atoms with van der Waals surface area (Å²) >= 11 is 0. The fourth-order valence-electron chi connectivity index (χ4n) is 2.98. The number of nitrogens with zero attached hydrogens (tertiary/aromatic N) is 5. The van der Waals surface area contributed by atoms with Gasteiger partial charge in [0.15, 0.2) is 5.82 Å². The summed E-state index contributed by atoms with van der Waals surface area (Å²) in [6, 6.07) is 13.8. The smallest absolute Gasteiger partial charge is 0.224 e. The maximum Gasteiger partial charge on any atom is 0.224 e. The van der Waals surface area contributed by atoms with Crippen LogP contribution in [-0.2, 0) is 5.41 Å². The van der Waals surface area contributed by atoms with Crippen molar-refractivity contribution in [3.05, 3.63) is 90.0 Å². The lowest BCUT2D eigenvalue weighted by molar-refractivity contribution is 0.514. The molecule has 0 aliphatic carbocycles. The lowest BCUT2D eigenvalue weighted by Gasteiger charge is -2.22. The third-order valence-corrected chi connectivity index (χ3v) is 4.64. The highest BCUT2D eigenvalue weighted by molar-refractivity contribution is 5.59. The first kappa shape index (κ1) is 18.8. The summed E-state index contributed by atoms with van der Waals surface area (Å²) in [6.07, 6.45) is 1.69. The van der Waals surface area contributed by atoms with E-state index in [9.17, 15) is 13.2 Å². The Morgan fingerprint density at radius 3 is 2.28 bits per heavy atom. The minimum absolute atomic E-state index is 0.110. The minimum Gasteiger partial charge on any atom is -0.252 e. The number of pyridine rings is 3. The Labute approximate surface area is 164 Å². The van der Waals surface area contributed by atoms with Crippen molar-refractivity contribution in [2.24, 2.45) is 0 Å². The van der Waals surface area contributed by atoms with Gasteiger partial charge in [0.25, 0.3) is 0 Å². The second-order valence-corrected chi connectivity index (χ2v) is 6.97. The summed E-state index contributed by atoms with van der Waals surface area (Å²) in [5.41, 5.74) is 1.12. The third-order valence-electron chi connectivity index (χ3n) is 4.64. The predicted molar refractivity (Wildman–Crippen MR) is 101 cm³/mol. The van der Waals surface area contributed by atoms with Crippen molar-refractivity contribution in [1.29, 1.82) is 0 Å². The first-order valence-corrected chi connectivity index (χ1v) is 8.83. The molecule has 0 bridgehead atoms. The van der Waals surface area contributed by atoms with Crippen molar-refractivity contribution < 1.29 is 13.2 Å². The molecule has 0 saturated carbocycles. The summed E-state index contributed by atoms with van der Waals surface area (Å²) in [7, 11) is 0. The van der Waals surface area contributed by atoms with E-state index in [0.717, 1.165) is 6.07 Å². The molecule has 0 spiro atoms. The fourth-order valence-corrected chi connectivity index (χ4v) is 2.98. The summed E-state index contributed by atoms with van der Waals surface area (Å²) in [6.45, 7) is 3.84. The predicted octanol–water partition coefficient (Wildman–Crippen LogP) is 4.47. The maximum absolute atomic E-state index is 14.1. The van der Waals surface area contributed by atoms with Gasteiger partial charge in [0.05, 0.1) is 28.1 Å². The molecule has 8 heteroatoms. The molecular weight excluding hydrogens is 379 g/mol. The molecule has 0 aliphatic rings. The molecule has 146 valence electrons. The zero-order valence-corrected chi connectivity index (χ0v) is 15.6. The molecule has 0 amide bonds. The zero-order chi connectivity index (χ0) is 20.6. The van der Waals surface area contributed by atoms with Crippen LogP contribution in [0.4, 0.5) is 13.2 Å². The molecule has 5 nitrogen and oxygen atoms in total. The first-order valence-electron chi connectivity index (χ1n) is 8.83. The van der Waals surface area contributed by atoms with Gasteiger partial charge < -0.3 is 0 Å². The van der Waals surface area contributed by atoms with Crippen molar-refractivity contribution in [1.82, 2.24) is 24.7 Å². The second kappa shape index (κ2) is 7.12. The first-order chi connectivity index (χ1) is 13.8. The summed E-state index contributed by atoms with van der Waals surface area (Å²) in [4.78, 5) is 11.6. The van der Waals surface area contributed by atoms with Crippen molar-refractivity contribution in [2.45, 2.75) is 19.3 Å². The van der Waals surface area contributed by atoms with E-state index < -0.39 is 23.3 Å². The maximum atomic E-state index is 14.1. The molecule has 0 fully saturated rings. The SMILES string of the molecule is CC(C)(c1cccc(-c2ccc(F)nc2F)n1)c1ccn(-c2cccc(F)n2)n1. The molecule has 29 heavy (non-hydrogen) atoms. The van der Waals surface area contributed by atoms with Gasteiger partial charge in [0.2, 0.25) is 17.8 Å². The van der Waals surface area contributed by atoms with Crippen molar-refractivity contribution in [2.75, 3.05) is 0 Å². The largest absolute Gasteiger partial charge is 0.252 e. The highest BCUT2D eigenvalue weighted by Gasteiger charge is 2.28. The van der Waals surface area contributed by atoms with Gasteiger partial charge in [-0.15, -0.1) is 0 Å². The molecule has 4 heterocycles. The van der Waals surface area contributed by atoms with Crippen molar-refractivity contribution in [3.63, 3.8) is 0 Å². The van der Waals surface area contributed by atoms with Gasteiger partial charge in [-0.25, -0.2) is 9.67 Å². The van der Waals surface area contributed by atoms with Crippen LogP contribution in [0.15, 0.2) is 60.8 Å². The fraction of sp³-hybridized carbons (Fsp3) is 0.143. The third kappa shape index (κ3) is 3.61. The van der Waals surface area contributed by atoms with Crippen LogP contribution in [0.3, 0.4) is 0 Å².